The van der Waals surface area contributed by atoms with Gasteiger partial charge in [-0.15, -0.1) is 0 Å². The van der Waals surface area contributed by atoms with Gasteiger partial charge in [-0.2, -0.15) is 4.31 Å². The zero-order chi connectivity index (χ0) is 14.8. The second kappa shape index (κ2) is 5.81. The van der Waals surface area contributed by atoms with E-state index in [-0.39, 0.29) is 28.9 Å². The lowest BCUT2D eigenvalue weighted by molar-refractivity contribution is -0.120. The molecule has 1 saturated heterocycles. The van der Waals surface area contributed by atoms with E-state index < -0.39 is 10.0 Å². The number of carbonyl (C=O) groups excluding carboxylic acids is 1. The Labute approximate surface area is 122 Å². The van der Waals surface area contributed by atoms with Crippen LogP contribution in [0.1, 0.15) is 12.1 Å². The van der Waals surface area contributed by atoms with Crippen molar-refractivity contribution in [2.75, 3.05) is 19.6 Å². The molecule has 0 saturated carbocycles. The zero-order valence-electron chi connectivity index (χ0n) is 10.6. The number of nitrogens with two attached hydrogens (primary N) is 1. The first-order valence-electron chi connectivity index (χ1n) is 5.94. The predicted octanol–water partition coefficient (Wildman–Crippen LogP) is -0.774. The number of pyridine rings is 1. The number of hydrogen-bond donors (Lipinski definition) is 2. The van der Waals surface area contributed by atoms with Crippen molar-refractivity contribution in [1.29, 1.82) is 0 Å². The van der Waals surface area contributed by atoms with E-state index in [1.54, 1.807) is 0 Å². The molecule has 0 spiro atoms. The van der Waals surface area contributed by atoms with E-state index in [1.807, 2.05) is 0 Å². The molecule has 1 aliphatic heterocycles. The SMILES string of the molecule is NC(=S)c1ccc(S(=O)(=O)N2CCCNC(=O)C2)cn1. The predicted molar refractivity (Wildman–Crippen MR) is 76.5 cm³/mol. The van der Waals surface area contributed by atoms with Crippen molar-refractivity contribution in [3.63, 3.8) is 0 Å². The number of rotatable bonds is 3. The van der Waals surface area contributed by atoms with Crippen molar-refractivity contribution in [2.45, 2.75) is 11.3 Å². The smallest absolute Gasteiger partial charge is 0.245 e. The van der Waals surface area contributed by atoms with E-state index in [2.05, 4.69) is 10.3 Å². The minimum atomic E-state index is -3.73. The molecule has 1 amide bonds. The standard InChI is InChI=1S/C11H14N4O3S2/c12-11(19)9-3-2-8(6-14-9)20(17,18)15-5-1-4-13-10(16)7-15/h2-3,6H,1,4-5,7H2,(H2,12,19)(H,13,16). The van der Waals surface area contributed by atoms with Crippen molar-refractivity contribution in [2.24, 2.45) is 5.73 Å². The lowest BCUT2D eigenvalue weighted by Crippen LogP contribution is -2.37. The number of nitrogens with zero attached hydrogens (tertiary/aromatic N) is 2. The molecule has 20 heavy (non-hydrogen) atoms. The lowest BCUT2D eigenvalue weighted by atomic mass is 10.3. The molecular weight excluding hydrogens is 300 g/mol. The van der Waals surface area contributed by atoms with Crippen molar-refractivity contribution in [1.82, 2.24) is 14.6 Å². The summed E-state index contributed by atoms with van der Waals surface area (Å²) < 4.78 is 26.0. The maximum absolute atomic E-state index is 12.4. The second-order valence-corrected chi connectivity index (χ2v) is 6.66. The maximum atomic E-state index is 12.4. The van der Waals surface area contributed by atoms with Crippen molar-refractivity contribution < 1.29 is 13.2 Å². The van der Waals surface area contributed by atoms with Crippen LogP contribution in [0.3, 0.4) is 0 Å². The van der Waals surface area contributed by atoms with Gasteiger partial charge >= 0.3 is 0 Å². The molecule has 1 fully saturated rings. The summed E-state index contributed by atoms with van der Waals surface area (Å²) in [5, 5.41) is 2.63. The summed E-state index contributed by atoms with van der Waals surface area (Å²) in [4.78, 5) is 15.5. The highest BCUT2D eigenvalue weighted by atomic mass is 32.2. The summed E-state index contributed by atoms with van der Waals surface area (Å²) in [5.74, 6) is -0.307. The highest BCUT2D eigenvalue weighted by Gasteiger charge is 2.28. The van der Waals surface area contributed by atoms with Gasteiger partial charge in [0.25, 0.3) is 0 Å². The zero-order valence-corrected chi connectivity index (χ0v) is 12.2. The fourth-order valence-electron chi connectivity index (χ4n) is 1.81. The van der Waals surface area contributed by atoms with Gasteiger partial charge in [0.15, 0.2) is 0 Å². The molecule has 108 valence electrons. The van der Waals surface area contributed by atoms with E-state index >= 15 is 0 Å². The van der Waals surface area contributed by atoms with Gasteiger partial charge in [0.05, 0.1) is 12.2 Å². The molecule has 1 aromatic heterocycles. The molecule has 0 atom stereocenters. The largest absolute Gasteiger partial charge is 0.388 e. The second-order valence-electron chi connectivity index (χ2n) is 4.29. The van der Waals surface area contributed by atoms with Gasteiger partial charge in [0.2, 0.25) is 15.9 Å². The van der Waals surface area contributed by atoms with Crippen LogP contribution in [0.2, 0.25) is 0 Å². The van der Waals surface area contributed by atoms with Crippen LogP contribution in [0.5, 0.6) is 0 Å². The fraction of sp³-hybridized carbons (Fsp3) is 0.364. The first-order valence-corrected chi connectivity index (χ1v) is 7.79. The first kappa shape index (κ1) is 14.8. The number of hydrogen-bond acceptors (Lipinski definition) is 5. The van der Waals surface area contributed by atoms with Crippen molar-refractivity contribution in [3.05, 3.63) is 24.0 Å². The lowest BCUT2D eigenvalue weighted by Gasteiger charge is -2.18. The highest BCUT2D eigenvalue weighted by molar-refractivity contribution is 7.89. The molecule has 1 aliphatic rings. The molecule has 0 aromatic carbocycles. The third-order valence-electron chi connectivity index (χ3n) is 2.85. The van der Waals surface area contributed by atoms with Gasteiger partial charge in [0.1, 0.15) is 9.88 Å². The summed E-state index contributed by atoms with van der Waals surface area (Å²) in [7, 11) is -3.73. The third-order valence-corrected chi connectivity index (χ3v) is 4.89. The average molecular weight is 314 g/mol. The Hall–Kier alpha value is -1.58. The number of aromatic nitrogens is 1. The van der Waals surface area contributed by atoms with Crippen LogP contribution in [0.25, 0.3) is 0 Å². The summed E-state index contributed by atoms with van der Waals surface area (Å²) in [5.41, 5.74) is 5.76. The minimum absolute atomic E-state index is 0.0206. The summed E-state index contributed by atoms with van der Waals surface area (Å²) in [6.07, 6.45) is 1.77. The van der Waals surface area contributed by atoms with E-state index in [9.17, 15) is 13.2 Å². The number of thiocarbonyl (C=S) groups is 1. The normalized spacial score (nSPS) is 17.3. The third kappa shape index (κ3) is 3.11. The monoisotopic (exact) mass is 314 g/mol. The van der Waals surface area contributed by atoms with Crippen LogP contribution in [-0.4, -0.2) is 48.2 Å². The van der Waals surface area contributed by atoms with Crippen LogP contribution in [0, 0.1) is 0 Å². The van der Waals surface area contributed by atoms with E-state index in [4.69, 9.17) is 18.0 Å². The van der Waals surface area contributed by atoms with E-state index in [0.29, 0.717) is 18.7 Å². The van der Waals surface area contributed by atoms with Gasteiger partial charge in [-0.25, -0.2) is 8.42 Å². The molecule has 0 bridgehead atoms. The van der Waals surface area contributed by atoms with Gasteiger partial charge < -0.3 is 11.1 Å². The number of carbonyl (C=O) groups is 1. The summed E-state index contributed by atoms with van der Waals surface area (Å²) in [6, 6.07) is 2.84. The van der Waals surface area contributed by atoms with E-state index in [1.165, 1.54) is 18.3 Å². The quantitative estimate of drug-likeness (QED) is 0.710. The van der Waals surface area contributed by atoms with Gasteiger partial charge in [-0.1, -0.05) is 12.2 Å². The molecule has 1 aromatic rings. The van der Waals surface area contributed by atoms with Gasteiger partial charge in [-0.05, 0) is 18.6 Å². The van der Waals surface area contributed by atoms with Gasteiger partial charge in [-0.3, -0.25) is 9.78 Å². The van der Waals surface area contributed by atoms with Crippen molar-refractivity contribution >= 4 is 33.1 Å². The molecule has 0 radical (unpaired) electrons. The van der Waals surface area contributed by atoms with Crippen LogP contribution in [0.4, 0.5) is 0 Å². The topological polar surface area (TPSA) is 105 Å². The molecule has 0 aliphatic carbocycles. The Morgan fingerprint density at radius 1 is 1.45 bits per heavy atom. The Morgan fingerprint density at radius 3 is 2.80 bits per heavy atom. The number of sulfonamides is 1. The van der Waals surface area contributed by atoms with Gasteiger partial charge in [0, 0.05) is 19.3 Å². The van der Waals surface area contributed by atoms with Crippen LogP contribution < -0.4 is 11.1 Å². The van der Waals surface area contributed by atoms with Crippen LogP contribution in [0.15, 0.2) is 23.2 Å². The number of nitrogens with one attached hydrogen (secondary N) is 1. The first-order chi connectivity index (χ1) is 9.41. The van der Waals surface area contributed by atoms with Crippen LogP contribution >= 0.6 is 12.2 Å². The van der Waals surface area contributed by atoms with E-state index in [0.717, 1.165) is 4.31 Å². The molecule has 3 N–H and O–H groups in total. The molecule has 0 unspecified atom stereocenters. The molecule has 2 rings (SSSR count). The average Bonchev–Trinajstić information content (AvgIpc) is 2.64. The minimum Gasteiger partial charge on any atom is -0.388 e. The molecule has 9 heteroatoms. The molecule has 2 heterocycles. The fourth-order valence-corrected chi connectivity index (χ4v) is 3.31. The summed E-state index contributed by atoms with van der Waals surface area (Å²) >= 11 is 4.76. The Balaban J connectivity index is 2.29. The highest BCUT2D eigenvalue weighted by Crippen LogP contribution is 2.16. The Bertz CT molecular complexity index is 628. The molecule has 7 nitrogen and oxygen atoms in total. The Kier molecular flexibility index (Phi) is 4.31. The van der Waals surface area contributed by atoms with Crippen molar-refractivity contribution in [3.8, 4) is 0 Å². The summed E-state index contributed by atoms with van der Waals surface area (Å²) in [6.45, 7) is 0.584. The maximum Gasteiger partial charge on any atom is 0.245 e. The van der Waals surface area contributed by atoms with Crippen LogP contribution in [-0.2, 0) is 14.8 Å². The Morgan fingerprint density at radius 2 is 2.20 bits per heavy atom. The number of amides is 1. The molecular formula is C11H14N4O3S2.